The van der Waals surface area contributed by atoms with E-state index < -0.39 is 0 Å². The lowest BCUT2D eigenvalue weighted by Crippen LogP contribution is -2.65. The molecule has 2 saturated carbocycles. The summed E-state index contributed by atoms with van der Waals surface area (Å²) in [6.45, 7) is 9.54. The van der Waals surface area contributed by atoms with Crippen LogP contribution in [-0.2, 0) is 9.47 Å². The van der Waals surface area contributed by atoms with Gasteiger partial charge in [-0.25, -0.2) is 9.97 Å². The molecular weight excluding hydrogens is 316 g/mol. The SMILES string of the molecule is CCOC1CC(CNc2cc(C)nc(C3CC3)n2)(N2CCOCC2)C1. The maximum atomic E-state index is 5.84. The summed E-state index contributed by atoms with van der Waals surface area (Å²) in [4.78, 5) is 12.0. The van der Waals surface area contributed by atoms with E-state index >= 15 is 0 Å². The molecule has 0 amide bonds. The van der Waals surface area contributed by atoms with Crippen LogP contribution in [0.25, 0.3) is 0 Å². The summed E-state index contributed by atoms with van der Waals surface area (Å²) < 4.78 is 11.4. The van der Waals surface area contributed by atoms with Crippen molar-refractivity contribution >= 4 is 5.82 Å². The second kappa shape index (κ2) is 7.17. The van der Waals surface area contributed by atoms with E-state index in [0.29, 0.717) is 12.0 Å². The average molecular weight is 346 g/mol. The number of rotatable bonds is 7. The van der Waals surface area contributed by atoms with E-state index in [2.05, 4.69) is 35.1 Å². The normalized spacial score (nSPS) is 30.1. The van der Waals surface area contributed by atoms with Crippen molar-refractivity contribution in [2.75, 3.05) is 44.8 Å². The lowest BCUT2D eigenvalue weighted by Gasteiger charge is -2.55. The topological polar surface area (TPSA) is 59.5 Å². The Morgan fingerprint density at radius 1 is 1.28 bits per heavy atom. The highest BCUT2D eigenvalue weighted by Crippen LogP contribution is 2.41. The first kappa shape index (κ1) is 17.2. The van der Waals surface area contributed by atoms with Crippen molar-refractivity contribution < 1.29 is 9.47 Å². The van der Waals surface area contributed by atoms with Gasteiger partial charge in [-0.3, -0.25) is 4.90 Å². The molecule has 138 valence electrons. The van der Waals surface area contributed by atoms with Gasteiger partial charge in [0.05, 0.1) is 19.3 Å². The van der Waals surface area contributed by atoms with Gasteiger partial charge in [0.1, 0.15) is 11.6 Å². The summed E-state index contributed by atoms with van der Waals surface area (Å²) in [5.74, 6) is 2.57. The summed E-state index contributed by atoms with van der Waals surface area (Å²) >= 11 is 0. The van der Waals surface area contributed by atoms with Crippen molar-refractivity contribution in [2.45, 2.75) is 57.1 Å². The predicted octanol–water partition coefficient (Wildman–Crippen LogP) is 2.34. The Balaban J connectivity index is 1.44. The summed E-state index contributed by atoms with van der Waals surface area (Å²) in [5.41, 5.74) is 1.22. The molecule has 3 aliphatic rings. The predicted molar refractivity (Wildman–Crippen MR) is 97.0 cm³/mol. The fraction of sp³-hybridized carbons (Fsp3) is 0.789. The number of aromatic nitrogens is 2. The molecular formula is C19H30N4O2. The number of hydrogen-bond acceptors (Lipinski definition) is 6. The number of morpholine rings is 1. The molecule has 1 aromatic heterocycles. The second-order valence-electron chi connectivity index (χ2n) is 7.69. The van der Waals surface area contributed by atoms with Crippen molar-refractivity contribution in [3.63, 3.8) is 0 Å². The number of aryl methyl sites for hydroxylation is 1. The van der Waals surface area contributed by atoms with Crippen LogP contribution in [0.2, 0.25) is 0 Å². The Bertz CT molecular complexity index is 593. The van der Waals surface area contributed by atoms with Crippen LogP contribution in [0.3, 0.4) is 0 Å². The molecule has 0 unspecified atom stereocenters. The van der Waals surface area contributed by atoms with E-state index in [4.69, 9.17) is 14.5 Å². The molecule has 4 rings (SSSR count). The first-order valence-electron chi connectivity index (χ1n) is 9.72. The molecule has 1 saturated heterocycles. The third-order valence-corrected chi connectivity index (χ3v) is 5.71. The van der Waals surface area contributed by atoms with Gasteiger partial charge in [0.2, 0.25) is 0 Å². The van der Waals surface area contributed by atoms with Crippen molar-refractivity contribution in [3.8, 4) is 0 Å². The zero-order valence-electron chi connectivity index (χ0n) is 15.5. The highest BCUT2D eigenvalue weighted by molar-refractivity contribution is 5.38. The van der Waals surface area contributed by atoms with Crippen molar-refractivity contribution in [2.24, 2.45) is 0 Å². The fourth-order valence-electron chi connectivity index (χ4n) is 4.15. The van der Waals surface area contributed by atoms with E-state index in [1.165, 1.54) is 12.8 Å². The Labute approximate surface area is 150 Å². The van der Waals surface area contributed by atoms with Crippen LogP contribution in [0, 0.1) is 6.92 Å². The van der Waals surface area contributed by atoms with Crippen LogP contribution < -0.4 is 5.32 Å². The zero-order valence-corrected chi connectivity index (χ0v) is 15.5. The second-order valence-corrected chi connectivity index (χ2v) is 7.69. The van der Waals surface area contributed by atoms with E-state index in [9.17, 15) is 0 Å². The maximum absolute atomic E-state index is 5.84. The molecule has 6 heteroatoms. The first-order chi connectivity index (χ1) is 12.2. The third-order valence-electron chi connectivity index (χ3n) is 5.71. The summed E-state index contributed by atoms with van der Waals surface area (Å²) in [6.07, 6.45) is 5.04. The third kappa shape index (κ3) is 3.81. The monoisotopic (exact) mass is 346 g/mol. The average Bonchev–Trinajstić information content (AvgIpc) is 3.42. The Morgan fingerprint density at radius 2 is 2.04 bits per heavy atom. The fourth-order valence-corrected chi connectivity index (χ4v) is 4.15. The smallest absolute Gasteiger partial charge is 0.134 e. The molecule has 6 nitrogen and oxygen atoms in total. The molecule has 2 heterocycles. The number of hydrogen-bond donors (Lipinski definition) is 1. The summed E-state index contributed by atoms with van der Waals surface area (Å²) in [7, 11) is 0. The van der Waals surface area contributed by atoms with Crippen molar-refractivity contribution in [3.05, 3.63) is 17.6 Å². The van der Waals surface area contributed by atoms with E-state index in [1.54, 1.807) is 0 Å². The first-order valence-corrected chi connectivity index (χ1v) is 9.72. The van der Waals surface area contributed by atoms with Crippen LogP contribution in [0.5, 0.6) is 0 Å². The van der Waals surface area contributed by atoms with Crippen molar-refractivity contribution in [1.29, 1.82) is 0 Å². The largest absolute Gasteiger partial charge is 0.379 e. The maximum Gasteiger partial charge on any atom is 0.134 e. The molecule has 3 fully saturated rings. The lowest BCUT2D eigenvalue weighted by molar-refractivity contribution is -0.121. The zero-order chi connectivity index (χ0) is 17.3. The van der Waals surface area contributed by atoms with Gasteiger partial charge in [-0.2, -0.15) is 0 Å². The highest BCUT2D eigenvalue weighted by Gasteiger charge is 2.49. The quantitative estimate of drug-likeness (QED) is 0.818. The standard InChI is InChI=1S/C19H30N4O2/c1-3-25-16-11-19(12-16,23-6-8-24-9-7-23)13-20-17-10-14(2)21-18(22-17)15-4-5-15/h10,15-16H,3-9,11-13H2,1-2H3,(H,20,21,22). The number of anilines is 1. The van der Waals surface area contributed by atoms with Gasteiger partial charge in [0.25, 0.3) is 0 Å². The Morgan fingerprint density at radius 3 is 2.72 bits per heavy atom. The molecule has 1 N–H and O–H groups in total. The van der Waals surface area contributed by atoms with Gasteiger partial charge >= 0.3 is 0 Å². The minimum atomic E-state index is 0.169. The summed E-state index contributed by atoms with van der Waals surface area (Å²) in [5, 5.41) is 3.62. The van der Waals surface area contributed by atoms with Crippen LogP contribution >= 0.6 is 0 Å². The Kier molecular flexibility index (Phi) is 4.93. The van der Waals surface area contributed by atoms with E-state index in [1.807, 2.05) is 0 Å². The number of nitrogens with zero attached hydrogens (tertiary/aromatic N) is 3. The minimum Gasteiger partial charge on any atom is -0.379 e. The van der Waals surface area contributed by atoms with Gasteiger partial charge in [0.15, 0.2) is 0 Å². The molecule has 2 aliphatic carbocycles. The van der Waals surface area contributed by atoms with Crippen LogP contribution in [0.1, 0.15) is 50.0 Å². The summed E-state index contributed by atoms with van der Waals surface area (Å²) in [6, 6.07) is 2.07. The lowest BCUT2D eigenvalue weighted by atomic mass is 9.72. The van der Waals surface area contributed by atoms with Crippen molar-refractivity contribution in [1.82, 2.24) is 14.9 Å². The van der Waals surface area contributed by atoms with Crippen LogP contribution in [0.4, 0.5) is 5.82 Å². The number of ether oxygens (including phenoxy) is 2. The molecule has 0 radical (unpaired) electrons. The molecule has 0 aromatic carbocycles. The van der Waals surface area contributed by atoms with Crippen LogP contribution in [0.15, 0.2) is 6.07 Å². The van der Waals surface area contributed by atoms with E-state index in [-0.39, 0.29) is 5.54 Å². The molecule has 25 heavy (non-hydrogen) atoms. The van der Waals surface area contributed by atoms with Gasteiger partial charge in [-0.15, -0.1) is 0 Å². The van der Waals surface area contributed by atoms with E-state index in [0.717, 1.165) is 69.6 Å². The molecule has 1 aliphatic heterocycles. The molecule has 0 bridgehead atoms. The van der Waals surface area contributed by atoms with Gasteiger partial charge in [-0.1, -0.05) is 0 Å². The minimum absolute atomic E-state index is 0.169. The van der Waals surface area contributed by atoms with Gasteiger partial charge in [0, 0.05) is 49.5 Å². The highest BCUT2D eigenvalue weighted by atomic mass is 16.5. The van der Waals surface area contributed by atoms with Gasteiger partial charge < -0.3 is 14.8 Å². The Hall–Kier alpha value is -1.24. The van der Waals surface area contributed by atoms with Crippen LogP contribution in [-0.4, -0.2) is 66.0 Å². The number of nitrogens with one attached hydrogen (secondary N) is 1. The van der Waals surface area contributed by atoms with Gasteiger partial charge in [-0.05, 0) is 39.5 Å². The molecule has 1 aromatic rings. The molecule has 0 atom stereocenters. The molecule has 0 spiro atoms.